The topological polar surface area (TPSA) is 24.5 Å². The van der Waals surface area contributed by atoms with Gasteiger partial charge in [0.15, 0.2) is 0 Å². The molecule has 1 unspecified atom stereocenters. The number of hydrogen-bond acceptors (Lipinski definition) is 3. The van der Waals surface area contributed by atoms with Crippen LogP contribution in [0.1, 0.15) is 20.8 Å². The van der Waals surface area contributed by atoms with Crippen molar-refractivity contribution in [3.05, 3.63) is 23.2 Å². The Morgan fingerprint density at radius 1 is 1.44 bits per heavy atom. The number of nitrogens with one attached hydrogen (secondary N) is 1. The number of ether oxygens (including phenoxy) is 1. The molecule has 2 rings (SSSR count). The summed E-state index contributed by atoms with van der Waals surface area (Å²) < 4.78 is 5.29. The van der Waals surface area contributed by atoms with E-state index in [0.29, 0.717) is 11.1 Å². The van der Waals surface area contributed by atoms with Gasteiger partial charge < -0.3 is 15.0 Å². The molecular weight excluding hydrogens is 248 g/mol. The number of methoxy groups -OCH3 is 1. The molecule has 1 aromatic rings. The van der Waals surface area contributed by atoms with Crippen LogP contribution >= 0.6 is 11.6 Å². The zero-order valence-corrected chi connectivity index (χ0v) is 12.2. The average molecular weight is 269 g/mol. The van der Waals surface area contributed by atoms with Gasteiger partial charge in [-0.05, 0) is 32.9 Å². The molecule has 1 aliphatic heterocycles. The van der Waals surface area contributed by atoms with Gasteiger partial charge in [-0.15, -0.1) is 0 Å². The standard InChI is InChI=1S/C14H21ClN2O/c1-10-8-16-14(2,3)9-17(10)11-5-6-12(15)13(7-11)18-4/h5-7,10,16H,8-9H2,1-4H3. The Morgan fingerprint density at radius 3 is 2.83 bits per heavy atom. The van der Waals surface area contributed by atoms with Crippen LogP contribution in [0, 0.1) is 0 Å². The lowest BCUT2D eigenvalue weighted by Crippen LogP contribution is -2.61. The zero-order chi connectivity index (χ0) is 13.3. The van der Waals surface area contributed by atoms with Crippen molar-refractivity contribution in [3.63, 3.8) is 0 Å². The Hall–Kier alpha value is -0.930. The van der Waals surface area contributed by atoms with Crippen LogP contribution in [0.4, 0.5) is 5.69 Å². The van der Waals surface area contributed by atoms with Crippen molar-refractivity contribution in [1.82, 2.24) is 5.32 Å². The smallest absolute Gasteiger partial charge is 0.139 e. The molecule has 18 heavy (non-hydrogen) atoms. The molecule has 3 nitrogen and oxygen atoms in total. The molecule has 1 aliphatic rings. The predicted octanol–water partition coefficient (Wildman–Crippen LogP) is 2.93. The van der Waals surface area contributed by atoms with Crippen LogP contribution in [0.15, 0.2) is 18.2 Å². The van der Waals surface area contributed by atoms with Crippen molar-refractivity contribution < 1.29 is 4.74 Å². The highest BCUT2D eigenvalue weighted by Gasteiger charge is 2.30. The minimum Gasteiger partial charge on any atom is -0.495 e. The number of anilines is 1. The van der Waals surface area contributed by atoms with E-state index in [0.717, 1.165) is 18.8 Å². The highest BCUT2D eigenvalue weighted by atomic mass is 35.5. The summed E-state index contributed by atoms with van der Waals surface area (Å²) in [7, 11) is 1.65. The predicted molar refractivity (Wildman–Crippen MR) is 76.9 cm³/mol. The number of hydrogen-bond donors (Lipinski definition) is 1. The summed E-state index contributed by atoms with van der Waals surface area (Å²) in [5.41, 5.74) is 1.29. The molecular formula is C14H21ClN2O. The van der Waals surface area contributed by atoms with Gasteiger partial charge in [-0.1, -0.05) is 11.6 Å². The molecule has 1 fully saturated rings. The molecule has 0 bridgehead atoms. The van der Waals surface area contributed by atoms with Gasteiger partial charge >= 0.3 is 0 Å². The summed E-state index contributed by atoms with van der Waals surface area (Å²) in [5, 5.41) is 4.20. The second kappa shape index (κ2) is 4.98. The Kier molecular flexibility index (Phi) is 3.74. The molecule has 1 atom stereocenters. The van der Waals surface area contributed by atoms with Crippen LogP contribution in [0.5, 0.6) is 5.75 Å². The van der Waals surface area contributed by atoms with Crippen molar-refractivity contribution in [3.8, 4) is 5.75 Å². The maximum Gasteiger partial charge on any atom is 0.139 e. The minimum absolute atomic E-state index is 0.124. The Balaban J connectivity index is 2.29. The van der Waals surface area contributed by atoms with Gasteiger partial charge in [0.05, 0.1) is 12.1 Å². The molecule has 0 radical (unpaired) electrons. The van der Waals surface area contributed by atoms with Crippen LogP contribution < -0.4 is 15.0 Å². The maximum absolute atomic E-state index is 6.07. The summed E-state index contributed by atoms with van der Waals surface area (Å²) in [6.07, 6.45) is 0. The minimum atomic E-state index is 0.124. The van der Waals surface area contributed by atoms with E-state index in [1.54, 1.807) is 7.11 Å². The highest BCUT2D eigenvalue weighted by molar-refractivity contribution is 6.32. The van der Waals surface area contributed by atoms with E-state index in [4.69, 9.17) is 16.3 Å². The fourth-order valence-corrected chi connectivity index (χ4v) is 2.54. The third-order valence-electron chi connectivity index (χ3n) is 3.44. The van der Waals surface area contributed by atoms with E-state index in [1.165, 1.54) is 5.69 Å². The van der Waals surface area contributed by atoms with Gasteiger partial charge in [-0.3, -0.25) is 0 Å². The monoisotopic (exact) mass is 268 g/mol. The van der Waals surface area contributed by atoms with E-state index >= 15 is 0 Å². The van der Waals surface area contributed by atoms with Gasteiger partial charge in [0.2, 0.25) is 0 Å². The van der Waals surface area contributed by atoms with Crippen molar-refractivity contribution in [2.24, 2.45) is 0 Å². The van der Waals surface area contributed by atoms with Crippen molar-refractivity contribution in [2.45, 2.75) is 32.4 Å². The number of rotatable bonds is 2. The fourth-order valence-electron chi connectivity index (χ4n) is 2.34. The second-order valence-electron chi connectivity index (χ2n) is 5.56. The quantitative estimate of drug-likeness (QED) is 0.893. The molecule has 0 aromatic heterocycles. The molecule has 0 aliphatic carbocycles. The Labute approximate surface area is 114 Å². The van der Waals surface area contributed by atoms with Crippen LogP contribution in [-0.4, -0.2) is 31.8 Å². The molecule has 1 heterocycles. The Morgan fingerprint density at radius 2 is 2.17 bits per heavy atom. The van der Waals surface area contributed by atoms with Crippen LogP contribution in [-0.2, 0) is 0 Å². The van der Waals surface area contributed by atoms with Crippen molar-refractivity contribution in [2.75, 3.05) is 25.1 Å². The molecule has 0 spiro atoms. The van der Waals surface area contributed by atoms with Gasteiger partial charge in [-0.2, -0.15) is 0 Å². The van der Waals surface area contributed by atoms with Gasteiger partial charge in [-0.25, -0.2) is 0 Å². The highest BCUT2D eigenvalue weighted by Crippen LogP contribution is 2.31. The summed E-state index contributed by atoms with van der Waals surface area (Å²) in [6.45, 7) is 8.62. The molecule has 1 saturated heterocycles. The van der Waals surface area contributed by atoms with Crippen LogP contribution in [0.3, 0.4) is 0 Å². The fraction of sp³-hybridized carbons (Fsp3) is 0.571. The first-order chi connectivity index (χ1) is 8.43. The summed E-state index contributed by atoms with van der Waals surface area (Å²) in [6, 6.07) is 6.43. The second-order valence-corrected chi connectivity index (χ2v) is 5.97. The molecule has 4 heteroatoms. The van der Waals surface area contributed by atoms with Crippen LogP contribution in [0.25, 0.3) is 0 Å². The SMILES string of the molecule is COc1cc(N2CC(C)(C)NCC2C)ccc1Cl. The third kappa shape index (κ3) is 2.73. The third-order valence-corrected chi connectivity index (χ3v) is 3.75. The van der Waals surface area contributed by atoms with Gasteiger partial charge in [0.1, 0.15) is 5.75 Å². The van der Waals surface area contributed by atoms with Crippen molar-refractivity contribution >= 4 is 17.3 Å². The summed E-state index contributed by atoms with van der Waals surface area (Å²) in [4.78, 5) is 2.40. The lowest BCUT2D eigenvalue weighted by molar-refractivity contribution is 0.318. The summed E-state index contributed by atoms with van der Waals surface area (Å²) >= 11 is 6.07. The normalized spacial score (nSPS) is 22.9. The lowest BCUT2D eigenvalue weighted by atomic mass is 9.98. The van der Waals surface area contributed by atoms with Gasteiger partial charge in [0.25, 0.3) is 0 Å². The number of nitrogens with zero attached hydrogens (tertiary/aromatic N) is 1. The van der Waals surface area contributed by atoms with E-state index in [1.807, 2.05) is 12.1 Å². The first kappa shape index (κ1) is 13.5. The molecule has 100 valence electrons. The average Bonchev–Trinajstić information content (AvgIpc) is 2.33. The van der Waals surface area contributed by atoms with Gasteiger partial charge in [0, 0.05) is 36.4 Å². The summed E-state index contributed by atoms with van der Waals surface area (Å²) in [5.74, 6) is 0.734. The van der Waals surface area contributed by atoms with Crippen molar-refractivity contribution in [1.29, 1.82) is 0 Å². The largest absolute Gasteiger partial charge is 0.495 e. The number of piperazine rings is 1. The zero-order valence-electron chi connectivity index (χ0n) is 11.5. The van der Waals surface area contributed by atoms with E-state index in [9.17, 15) is 0 Å². The first-order valence-electron chi connectivity index (χ1n) is 6.28. The Bertz CT molecular complexity index is 434. The lowest BCUT2D eigenvalue weighted by Gasteiger charge is -2.44. The van der Waals surface area contributed by atoms with Crippen LogP contribution in [0.2, 0.25) is 5.02 Å². The number of benzene rings is 1. The maximum atomic E-state index is 6.07. The number of halogens is 1. The molecule has 0 saturated carbocycles. The van der Waals surface area contributed by atoms with E-state index in [-0.39, 0.29) is 5.54 Å². The first-order valence-corrected chi connectivity index (χ1v) is 6.66. The van der Waals surface area contributed by atoms with E-state index in [2.05, 4.69) is 37.1 Å². The molecule has 1 N–H and O–H groups in total. The van der Waals surface area contributed by atoms with E-state index < -0.39 is 0 Å². The molecule has 1 aromatic carbocycles. The molecule has 0 amide bonds.